The molecule has 0 saturated carbocycles. The van der Waals surface area contributed by atoms with Crippen molar-refractivity contribution in [3.63, 3.8) is 0 Å². The van der Waals surface area contributed by atoms with Crippen LogP contribution in [0.3, 0.4) is 0 Å². The highest BCUT2D eigenvalue weighted by molar-refractivity contribution is 8.55. The molecule has 0 amide bonds. The minimum Gasteiger partial charge on any atom is -0.301 e. The lowest BCUT2D eigenvalue weighted by atomic mass is 10.2. The Morgan fingerprint density at radius 2 is 2.32 bits per heavy atom. The lowest BCUT2D eigenvalue weighted by Gasteiger charge is -2.19. The molecule has 2 atom stereocenters. The number of rotatable bonds is 8. The van der Waals surface area contributed by atoms with Gasteiger partial charge in [0.15, 0.2) is 6.10 Å². The van der Waals surface area contributed by atoms with E-state index in [-0.39, 0.29) is 6.61 Å². The maximum Gasteiger partial charge on any atom is 0.390 e. The molecule has 2 unspecified atom stereocenters. The number of hydrogen-bond acceptors (Lipinski definition) is 6. The van der Waals surface area contributed by atoms with Crippen LogP contribution < -0.4 is 0 Å². The fourth-order valence-electron chi connectivity index (χ4n) is 1.26. The molecule has 0 spiro atoms. The van der Waals surface area contributed by atoms with Crippen LogP contribution in [0.4, 0.5) is 0 Å². The number of hydrogen-bond donors (Lipinski definition) is 0. The largest absolute Gasteiger partial charge is 0.390 e. The smallest absolute Gasteiger partial charge is 0.301 e. The summed E-state index contributed by atoms with van der Waals surface area (Å²) in [6.07, 6.45) is 1.43. The molecular weight excluding hydrogens is 283 g/mol. The predicted molar refractivity (Wildman–Crippen MR) is 75.7 cm³/mol. The minimum absolute atomic E-state index is 0.272. The first-order chi connectivity index (χ1) is 9.15. The van der Waals surface area contributed by atoms with Crippen molar-refractivity contribution < 1.29 is 13.6 Å². The van der Waals surface area contributed by atoms with E-state index in [9.17, 15) is 4.57 Å². The van der Waals surface area contributed by atoms with Gasteiger partial charge in [0.25, 0.3) is 0 Å². The van der Waals surface area contributed by atoms with Gasteiger partial charge in [-0.25, -0.2) is 4.57 Å². The highest BCUT2D eigenvalue weighted by Gasteiger charge is 2.30. The third kappa shape index (κ3) is 5.33. The Balaban J connectivity index is 2.82. The lowest BCUT2D eigenvalue weighted by Crippen LogP contribution is -2.03. The molecule has 7 heteroatoms. The van der Waals surface area contributed by atoms with Crippen molar-refractivity contribution in [3.8, 4) is 6.07 Å². The van der Waals surface area contributed by atoms with Crippen molar-refractivity contribution in [1.29, 1.82) is 5.26 Å². The molecule has 0 saturated heterocycles. The maximum absolute atomic E-state index is 12.5. The van der Waals surface area contributed by atoms with E-state index in [4.69, 9.17) is 14.3 Å². The maximum atomic E-state index is 12.5. The van der Waals surface area contributed by atoms with Crippen LogP contribution in [0.15, 0.2) is 24.4 Å². The van der Waals surface area contributed by atoms with Crippen molar-refractivity contribution in [3.05, 3.63) is 30.1 Å². The van der Waals surface area contributed by atoms with E-state index >= 15 is 0 Å². The van der Waals surface area contributed by atoms with Gasteiger partial charge in [0.1, 0.15) is 6.07 Å². The molecule has 0 radical (unpaired) electrons. The summed E-state index contributed by atoms with van der Waals surface area (Å²) in [4.78, 5) is 4.04. The van der Waals surface area contributed by atoms with Gasteiger partial charge in [-0.2, -0.15) is 5.26 Å². The normalized spacial score (nSPS) is 15.4. The van der Waals surface area contributed by atoms with Gasteiger partial charge in [0.05, 0.1) is 12.3 Å². The zero-order valence-corrected chi connectivity index (χ0v) is 12.7. The van der Waals surface area contributed by atoms with E-state index < -0.39 is 12.9 Å². The molecule has 0 aliphatic carbocycles. The molecule has 0 fully saturated rings. The molecule has 1 rings (SSSR count). The number of nitriles is 1. The van der Waals surface area contributed by atoms with Crippen molar-refractivity contribution >= 4 is 18.2 Å². The van der Waals surface area contributed by atoms with Gasteiger partial charge in [0, 0.05) is 11.9 Å². The molecule has 5 nitrogen and oxygen atoms in total. The number of aromatic nitrogens is 1. The highest BCUT2D eigenvalue weighted by Crippen LogP contribution is 2.62. The Labute approximate surface area is 117 Å². The average Bonchev–Trinajstić information content (AvgIpc) is 2.44. The van der Waals surface area contributed by atoms with Crippen LogP contribution in [-0.2, 0) is 13.6 Å². The Morgan fingerprint density at radius 1 is 1.53 bits per heavy atom. The van der Waals surface area contributed by atoms with Crippen molar-refractivity contribution in [2.75, 3.05) is 12.4 Å². The predicted octanol–water partition coefficient (Wildman–Crippen LogP) is 3.95. The van der Waals surface area contributed by atoms with E-state index in [1.165, 1.54) is 0 Å². The molecule has 0 N–H and O–H groups in total. The molecule has 0 bridgehead atoms. The van der Waals surface area contributed by atoms with Crippen LogP contribution in [0.1, 0.15) is 32.1 Å². The summed E-state index contributed by atoms with van der Waals surface area (Å²) in [5.41, 5.74) is 0.432. The second kappa shape index (κ2) is 8.34. The van der Waals surface area contributed by atoms with Gasteiger partial charge in [-0.15, -0.1) is 0 Å². The zero-order chi connectivity index (χ0) is 14.1. The Hall–Kier alpha value is -0.860. The molecule has 104 valence electrons. The second-order valence-corrected chi connectivity index (χ2v) is 7.71. The third-order valence-corrected chi connectivity index (χ3v) is 6.07. The molecular formula is C12H17N2O3PS. The van der Waals surface area contributed by atoms with Crippen LogP contribution in [0.5, 0.6) is 0 Å². The molecule has 0 aromatic carbocycles. The number of pyridine rings is 1. The summed E-state index contributed by atoms with van der Waals surface area (Å²) < 4.78 is 23.0. The average molecular weight is 300 g/mol. The summed E-state index contributed by atoms with van der Waals surface area (Å²) in [6.45, 7) is 0.669. The fraction of sp³-hybridized carbons (Fsp3) is 0.500. The molecule has 19 heavy (non-hydrogen) atoms. The summed E-state index contributed by atoms with van der Waals surface area (Å²) >= 11 is 1.12. The summed E-state index contributed by atoms with van der Waals surface area (Å²) in [5, 5.41) is 9.14. The Kier molecular flexibility index (Phi) is 7.11. The first-order valence-electron chi connectivity index (χ1n) is 6.03. The number of nitrogens with zero attached hydrogens (tertiary/aromatic N) is 2. The molecule has 1 aromatic rings. The minimum atomic E-state index is -3.32. The summed E-state index contributed by atoms with van der Waals surface area (Å²) in [5.74, 6) is 0.650. The quantitative estimate of drug-likeness (QED) is 0.677. The Morgan fingerprint density at radius 3 is 2.84 bits per heavy atom. The standard InChI is InChI=1S/C12H17N2O3PS/c1-3-9-19-18(15,16-4-2)17-12(10-13)11-7-5-6-8-14-11/h5-8,12H,3-4,9H2,1-2H3. The van der Waals surface area contributed by atoms with E-state index in [1.54, 1.807) is 31.3 Å². The van der Waals surface area contributed by atoms with Crippen LogP contribution >= 0.6 is 18.2 Å². The lowest BCUT2D eigenvalue weighted by molar-refractivity contribution is 0.195. The third-order valence-electron chi connectivity index (χ3n) is 2.05. The van der Waals surface area contributed by atoms with Gasteiger partial charge in [0.2, 0.25) is 0 Å². The summed E-state index contributed by atoms with van der Waals surface area (Å²) in [6, 6.07) is 7.11. The first-order valence-corrected chi connectivity index (χ1v) is 9.16. The molecule has 1 heterocycles. The van der Waals surface area contributed by atoms with E-state index in [0.717, 1.165) is 17.8 Å². The van der Waals surface area contributed by atoms with E-state index in [1.807, 2.05) is 13.0 Å². The summed E-state index contributed by atoms with van der Waals surface area (Å²) in [7, 11) is 0. The fourth-order valence-corrected chi connectivity index (χ4v) is 4.79. The highest BCUT2D eigenvalue weighted by atomic mass is 32.7. The SMILES string of the molecule is CCCSP(=O)(OCC)OC(C#N)c1ccccn1. The topological polar surface area (TPSA) is 72.2 Å². The van der Waals surface area contributed by atoms with Gasteiger partial charge < -0.3 is 4.52 Å². The van der Waals surface area contributed by atoms with Crippen LogP contribution in [0.2, 0.25) is 0 Å². The van der Waals surface area contributed by atoms with Crippen molar-refractivity contribution in [2.45, 2.75) is 26.4 Å². The van der Waals surface area contributed by atoms with Gasteiger partial charge in [-0.1, -0.05) is 13.0 Å². The first kappa shape index (κ1) is 16.2. The van der Waals surface area contributed by atoms with Crippen LogP contribution in [0, 0.1) is 11.3 Å². The van der Waals surface area contributed by atoms with Crippen molar-refractivity contribution in [1.82, 2.24) is 4.98 Å². The zero-order valence-electron chi connectivity index (χ0n) is 11.0. The van der Waals surface area contributed by atoms with Crippen molar-refractivity contribution in [2.24, 2.45) is 0 Å². The van der Waals surface area contributed by atoms with E-state index in [2.05, 4.69) is 4.98 Å². The molecule has 0 aliphatic rings. The van der Waals surface area contributed by atoms with Crippen LogP contribution in [0.25, 0.3) is 0 Å². The van der Waals surface area contributed by atoms with Crippen LogP contribution in [-0.4, -0.2) is 17.3 Å². The van der Waals surface area contributed by atoms with E-state index in [0.29, 0.717) is 11.4 Å². The molecule has 1 aromatic heterocycles. The second-order valence-electron chi connectivity index (χ2n) is 3.57. The van der Waals surface area contributed by atoms with Gasteiger partial charge in [-0.05, 0) is 36.9 Å². The molecule has 0 aliphatic heterocycles. The monoisotopic (exact) mass is 300 g/mol. The Bertz CT molecular complexity index is 464. The van der Waals surface area contributed by atoms with Gasteiger partial charge in [-0.3, -0.25) is 9.51 Å². The van der Waals surface area contributed by atoms with Gasteiger partial charge >= 0.3 is 6.80 Å².